The van der Waals surface area contributed by atoms with Crippen LogP contribution < -0.4 is 4.74 Å². The molecular formula is C30H31NO9. The predicted molar refractivity (Wildman–Crippen MR) is 140 cm³/mol. The Kier molecular flexibility index (Phi) is 6.64. The Hall–Kier alpha value is -3.73. The van der Waals surface area contributed by atoms with Gasteiger partial charge in [-0.05, 0) is 50.5 Å². The number of carbonyl (C=O) groups excluding carboxylic acids is 3. The summed E-state index contributed by atoms with van der Waals surface area (Å²) in [4.78, 5) is 42.9. The first kappa shape index (κ1) is 26.5. The molecule has 2 aromatic carbocycles. The maximum atomic E-state index is 14.4. The van der Waals surface area contributed by atoms with Crippen molar-refractivity contribution in [1.82, 2.24) is 4.90 Å². The number of ether oxygens (including phenoxy) is 3. The molecule has 0 saturated carbocycles. The van der Waals surface area contributed by atoms with Gasteiger partial charge >= 0.3 is 5.97 Å². The second-order valence-electron chi connectivity index (χ2n) is 10.8. The number of aryl methyl sites for hydroxylation is 1. The van der Waals surface area contributed by atoms with Crippen LogP contribution in [0.4, 0.5) is 0 Å². The van der Waals surface area contributed by atoms with E-state index in [1.807, 2.05) is 0 Å². The third-order valence-corrected chi connectivity index (χ3v) is 8.01. The molecule has 10 heteroatoms. The number of aliphatic hydroxyl groups excluding tert-OH is 2. The van der Waals surface area contributed by atoms with Gasteiger partial charge in [-0.3, -0.25) is 14.4 Å². The largest absolute Gasteiger partial charge is 0.507 e. The molecule has 0 aromatic heterocycles. The predicted octanol–water partition coefficient (Wildman–Crippen LogP) is 3.16. The zero-order valence-electron chi connectivity index (χ0n) is 22.3. The van der Waals surface area contributed by atoms with E-state index >= 15 is 0 Å². The fraction of sp³-hybridized carbons (Fsp3) is 0.433. The molecule has 3 N–H and O–H groups in total. The molecular weight excluding hydrogens is 518 g/mol. The quantitative estimate of drug-likeness (QED) is 0.478. The summed E-state index contributed by atoms with van der Waals surface area (Å²) in [6.07, 6.45) is -2.56. The van der Waals surface area contributed by atoms with Gasteiger partial charge in [0.15, 0.2) is 5.78 Å². The molecule has 210 valence electrons. The van der Waals surface area contributed by atoms with Crippen LogP contribution in [-0.2, 0) is 14.3 Å². The number of aliphatic hydroxyl groups is 2. The van der Waals surface area contributed by atoms with E-state index in [4.69, 9.17) is 14.2 Å². The number of hydrogen-bond donors (Lipinski definition) is 3. The van der Waals surface area contributed by atoms with E-state index in [0.29, 0.717) is 24.9 Å². The maximum Gasteiger partial charge on any atom is 0.307 e. The minimum absolute atomic E-state index is 0.0307. The topological polar surface area (TPSA) is 143 Å². The molecule has 2 fully saturated rings. The summed E-state index contributed by atoms with van der Waals surface area (Å²) in [5.74, 6) is -1.47. The summed E-state index contributed by atoms with van der Waals surface area (Å²) < 4.78 is 17.6. The molecule has 0 spiro atoms. The summed E-state index contributed by atoms with van der Waals surface area (Å²) in [5.41, 5.74) is 1.62. The average molecular weight is 550 g/mol. The number of fused-ring (bicyclic) bond motifs is 6. The number of aromatic hydroxyl groups is 1. The van der Waals surface area contributed by atoms with E-state index in [9.17, 15) is 29.7 Å². The average Bonchev–Trinajstić information content (AvgIpc) is 2.99. The Balaban J connectivity index is 1.49. The van der Waals surface area contributed by atoms with Crippen molar-refractivity contribution < 1.29 is 43.9 Å². The first-order chi connectivity index (χ1) is 19.2. The van der Waals surface area contributed by atoms with Crippen LogP contribution >= 0.6 is 0 Å². The summed E-state index contributed by atoms with van der Waals surface area (Å²) in [6, 6.07) is 7.96. The fourth-order valence-electron chi connectivity index (χ4n) is 6.09. The highest BCUT2D eigenvalue weighted by atomic mass is 16.7. The lowest BCUT2D eigenvalue weighted by molar-refractivity contribution is -0.216. The number of nitrogens with zero attached hydrogens (tertiary/aromatic N) is 1. The number of phenolic OH excluding ortho intramolecular Hbond substituents is 1. The zero-order chi connectivity index (χ0) is 28.3. The first-order valence-corrected chi connectivity index (χ1v) is 13.6. The van der Waals surface area contributed by atoms with E-state index in [0.717, 1.165) is 12.0 Å². The first-order valence-electron chi connectivity index (χ1n) is 13.6. The summed E-state index contributed by atoms with van der Waals surface area (Å²) in [5, 5.41) is 31.3. The normalized spacial score (nSPS) is 28.4. The second-order valence-corrected chi connectivity index (χ2v) is 10.8. The number of rotatable bonds is 2. The Morgan fingerprint density at radius 3 is 2.60 bits per heavy atom. The summed E-state index contributed by atoms with van der Waals surface area (Å²) in [7, 11) is 0. The molecule has 4 aliphatic rings. The molecule has 5 unspecified atom stereocenters. The molecule has 0 amide bonds. The Morgan fingerprint density at radius 1 is 1.02 bits per heavy atom. The number of Topliss-reactive ketones (excluding diaryl/α,β-unsaturated/α-hetero) is 2. The minimum Gasteiger partial charge on any atom is -0.507 e. The molecule has 0 radical (unpaired) electrons. The lowest BCUT2D eigenvalue weighted by Gasteiger charge is -2.42. The van der Waals surface area contributed by atoms with Gasteiger partial charge in [-0.2, -0.15) is 0 Å². The second kappa shape index (κ2) is 10.0. The van der Waals surface area contributed by atoms with Gasteiger partial charge in [-0.25, -0.2) is 0 Å². The third-order valence-electron chi connectivity index (χ3n) is 8.01. The van der Waals surface area contributed by atoms with Gasteiger partial charge in [0, 0.05) is 36.1 Å². The summed E-state index contributed by atoms with van der Waals surface area (Å²) in [6.45, 7) is 3.76. The highest BCUT2D eigenvalue weighted by Gasteiger charge is 2.47. The summed E-state index contributed by atoms with van der Waals surface area (Å²) >= 11 is 0. The van der Waals surface area contributed by atoms with Crippen LogP contribution in [0.5, 0.6) is 11.5 Å². The van der Waals surface area contributed by atoms with Crippen LogP contribution in [0.1, 0.15) is 82.7 Å². The van der Waals surface area contributed by atoms with E-state index in [-0.39, 0.29) is 52.3 Å². The maximum absolute atomic E-state index is 14.4. The van der Waals surface area contributed by atoms with Gasteiger partial charge in [0.05, 0.1) is 23.3 Å². The van der Waals surface area contributed by atoms with Crippen LogP contribution in [0.3, 0.4) is 0 Å². The van der Waals surface area contributed by atoms with Crippen LogP contribution in [0.15, 0.2) is 36.0 Å². The fourth-order valence-corrected chi connectivity index (χ4v) is 6.09. The van der Waals surface area contributed by atoms with E-state index in [2.05, 4.69) is 0 Å². The van der Waals surface area contributed by atoms with Gasteiger partial charge in [0.25, 0.3) is 0 Å². The van der Waals surface area contributed by atoms with Gasteiger partial charge in [0.1, 0.15) is 23.3 Å². The number of allylic oxidation sites excluding steroid dienone is 2. The lowest BCUT2D eigenvalue weighted by atomic mass is 9.78. The van der Waals surface area contributed by atoms with Crippen molar-refractivity contribution in [3.63, 3.8) is 0 Å². The number of benzene rings is 2. The number of ketones is 2. The zero-order valence-corrected chi connectivity index (χ0v) is 22.3. The van der Waals surface area contributed by atoms with Crippen molar-refractivity contribution in [2.75, 3.05) is 6.54 Å². The SMILES string of the molecule is Cc1cc(O)c2c(c1)C1OC(=O)CCCCCN1C1=C2C(=O)c2cccc(OC3CC(O)C(O)C(C)O3)c2C1=O. The molecule has 0 bridgehead atoms. The molecule has 1 aliphatic carbocycles. The highest BCUT2D eigenvalue weighted by molar-refractivity contribution is 6.41. The standard InChI is InChI=1S/C30H31NO9/c1-14-11-17-23(18(32)12-14)25-26(31-10-5-3-4-9-21(34)40-30(17)31)29(37)24-16(28(25)36)7-6-8-20(24)39-22-13-19(33)27(35)15(2)38-22/h6-8,11-12,15,19,22,27,30,32-33,35H,3-5,9-10,13H2,1-2H3. The molecule has 5 atom stereocenters. The van der Waals surface area contributed by atoms with Crippen LogP contribution in [0.2, 0.25) is 0 Å². The number of esters is 1. The van der Waals surface area contributed by atoms with Crippen molar-refractivity contribution in [2.24, 2.45) is 0 Å². The van der Waals surface area contributed by atoms with Crippen LogP contribution in [0.25, 0.3) is 5.57 Å². The van der Waals surface area contributed by atoms with Gasteiger partial charge in [-0.15, -0.1) is 0 Å². The van der Waals surface area contributed by atoms with E-state index in [1.165, 1.54) is 12.1 Å². The minimum atomic E-state index is -1.08. The molecule has 40 heavy (non-hydrogen) atoms. The molecule has 3 heterocycles. The monoisotopic (exact) mass is 549 g/mol. The highest BCUT2D eigenvalue weighted by Crippen LogP contribution is 2.50. The molecule has 2 aromatic rings. The van der Waals surface area contributed by atoms with Crippen molar-refractivity contribution in [3.05, 3.63) is 63.8 Å². The number of hydrogen-bond acceptors (Lipinski definition) is 10. The number of phenols is 1. The van der Waals surface area contributed by atoms with Crippen molar-refractivity contribution in [1.29, 1.82) is 0 Å². The molecule has 2 saturated heterocycles. The van der Waals surface area contributed by atoms with E-state index < -0.39 is 48.4 Å². The third kappa shape index (κ3) is 4.27. The van der Waals surface area contributed by atoms with Gasteiger partial charge < -0.3 is 34.4 Å². The Labute approximate surface area is 230 Å². The Bertz CT molecular complexity index is 1430. The van der Waals surface area contributed by atoms with Gasteiger partial charge in [0.2, 0.25) is 18.3 Å². The van der Waals surface area contributed by atoms with E-state index in [1.54, 1.807) is 36.9 Å². The molecule has 6 rings (SSSR count). The smallest absolute Gasteiger partial charge is 0.307 e. The molecule has 3 aliphatic heterocycles. The van der Waals surface area contributed by atoms with Crippen LogP contribution in [0, 0.1) is 6.92 Å². The van der Waals surface area contributed by atoms with Crippen molar-refractivity contribution in [2.45, 2.75) is 76.8 Å². The van der Waals surface area contributed by atoms with Crippen molar-refractivity contribution in [3.8, 4) is 11.5 Å². The van der Waals surface area contributed by atoms with Crippen molar-refractivity contribution >= 4 is 23.1 Å². The van der Waals surface area contributed by atoms with Gasteiger partial charge in [-0.1, -0.05) is 18.6 Å². The number of carbonyl (C=O) groups is 3. The Morgan fingerprint density at radius 2 is 1.82 bits per heavy atom. The lowest BCUT2D eigenvalue weighted by Crippen LogP contribution is -2.48. The molecule has 10 nitrogen and oxygen atoms in total. The van der Waals surface area contributed by atoms with Crippen LogP contribution in [-0.4, -0.2) is 68.9 Å².